The quantitative estimate of drug-likeness (QED) is 0.841. The first-order chi connectivity index (χ1) is 8.24. The van der Waals surface area contributed by atoms with Crippen LogP contribution in [-0.2, 0) is 0 Å². The minimum Gasteiger partial charge on any atom is -0.368 e. The minimum atomic E-state index is 0.344. The molecule has 92 valence electrons. The first kappa shape index (κ1) is 11.2. The van der Waals surface area contributed by atoms with Crippen molar-refractivity contribution in [2.45, 2.75) is 18.9 Å². The van der Waals surface area contributed by atoms with Crippen molar-refractivity contribution in [3.8, 4) is 0 Å². The molecule has 2 aliphatic heterocycles. The molecule has 0 aromatic carbocycles. The molecule has 0 radical (unpaired) electrons. The Bertz CT molecular complexity index is 424. The van der Waals surface area contributed by atoms with E-state index in [1.54, 1.807) is 6.20 Å². The second-order valence-corrected chi connectivity index (χ2v) is 5.53. The van der Waals surface area contributed by atoms with Gasteiger partial charge in [0.1, 0.15) is 5.82 Å². The maximum atomic E-state index is 5.66. The van der Waals surface area contributed by atoms with Crippen molar-refractivity contribution in [1.82, 2.24) is 14.9 Å². The van der Waals surface area contributed by atoms with Gasteiger partial charge in [0.2, 0.25) is 5.95 Å². The number of hydrogen-bond acceptors (Lipinski definition) is 5. The second kappa shape index (κ2) is 4.42. The molecule has 5 nitrogen and oxygen atoms in total. The lowest BCUT2D eigenvalue weighted by Crippen LogP contribution is -2.50. The molecule has 2 aliphatic rings. The zero-order valence-electron chi connectivity index (χ0n) is 9.64. The highest BCUT2D eigenvalue weighted by molar-refractivity contribution is 9.10. The summed E-state index contributed by atoms with van der Waals surface area (Å²) < 4.78 is 0.929. The highest BCUT2D eigenvalue weighted by atomic mass is 79.9. The minimum absolute atomic E-state index is 0.344. The summed E-state index contributed by atoms with van der Waals surface area (Å²) >= 11 is 3.50. The molecule has 3 rings (SSSR count). The number of anilines is 2. The van der Waals surface area contributed by atoms with Crippen molar-refractivity contribution >= 4 is 27.7 Å². The van der Waals surface area contributed by atoms with Crippen LogP contribution in [0, 0.1) is 0 Å². The third-order valence-corrected chi connectivity index (χ3v) is 4.19. The number of hydrogen-bond donors (Lipinski definition) is 1. The van der Waals surface area contributed by atoms with Crippen LogP contribution in [0.25, 0.3) is 0 Å². The van der Waals surface area contributed by atoms with E-state index in [-0.39, 0.29) is 0 Å². The monoisotopic (exact) mass is 297 g/mol. The number of aromatic nitrogens is 2. The third kappa shape index (κ3) is 2.11. The maximum Gasteiger partial charge on any atom is 0.222 e. The van der Waals surface area contributed by atoms with Gasteiger partial charge < -0.3 is 10.6 Å². The average molecular weight is 298 g/mol. The Kier molecular flexibility index (Phi) is 2.92. The van der Waals surface area contributed by atoms with E-state index in [1.165, 1.54) is 19.4 Å². The summed E-state index contributed by atoms with van der Waals surface area (Å²) in [5, 5.41) is 0. The lowest BCUT2D eigenvalue weighted by Gasteiger charge is -2.38. The van der Waals surface area contributed by atoms with Gasteiger partial charge in [0, 0.05) is 31.9 Å². The molecular weight excluding hydrogens is 282 g/mol. The van der Waals surface area contributed by atoms with Crippen LogP contribution in [0.1, 0.15) is 12.8 Å². The van der Waals surface area contributed by atoms with E-state index < -0.39 is 0 Å². The molecule has 6 heteroatoms. The van der Waals surface area contributed by atoms with Crippen molar-refractivity contribution < 1.29 is 0 Å². The normalized spacial score (nSPS) is 25.0. The molecule has 2 N–H and O–H groups in total. The molecule has 0 amide bonds. The van der Waals surface area contributed by atoms with E-state index in [4.69, 9.17) is 5.73 Å². The number of nitrogens with zero attached hydrogens (tertiary/aromatic N) is 4. The van der Waals surface area contributed by atoms with Gasteiger partial charge in [-0.05, 0) is 35.3 Å². The van der Waals surface area contributed by atoms with E-state index in [1.807, 2.05) is 0 Å². The largest absolute Gasteiger partial charge is 0.368 e. The number of nitrogen functional groups attached to an aromatic ring is 1. The molecule has 1 atom stereocenters. The Hall–Kier alpha value is -0.880. The SMILES string of the molecule is Nc1ncc(Br)c(N2CCN3CCCC3C2)n1. The van der Waals surface area contributed by atoms with Crippen LogP contribution in [0.5, 0.6) is 0 Å². The molecule has 2 saturated heterocycles. The van der Waals surface area contributed by atoms with Gasteiger partial charge in [0.15, 0.2) is 0 Å². The highest BCUT2D eigenvalue weighted by Crippen LogP contribution is 2.28. The van der Waals surface area contributed by atoms with Crippen molar-refractivity contribution in [1.29, 1.82) is 0 Å². The van der Waals surface area contributed by atoms with Gasteiger partial charge in [-0.25, -0.2) is 4.98 Å². The molecule has 0 saturated carbocycles. The lowest BCUT2D eigenvalue weighted by atomic mass is 10.1. The fourth-order valence-electron chi connectivity index (χ4n) is 2.78. The van der Waals surface area contributed by atoms with Gasteiger partial charge in [0.05, 0.1) is 4.47 Å². The Morgan fingerprint density at radius 3 is 3.12 bits per heavy atom. The van der Waals surface area contributed by atoms with Crippen LogP contribution >= 0.6 is 15.9 Å². The fourth-order valence-corrected chi connectivity index (χ4v) is 3.22. The molecule has 17 heavy (non-hydrogen) atoms. The van der Waals surface area contributed by atoms with E-state index in [2.05, 4.69) is 35.7 Å². The summed E-state index contributed by atoms with van der Waals surface area (Å²) in [5.74, 6) is 1.28. The fraction of sp³-hybridized carbons (Fsp3) is 0.636. The molecule has 1 aromatic heterocycles. The smallest absolute Gasteiger partial charge is 0.222 e. The number of piperazine rings is 1. The predicted molar refractivity (Wildman–Crippen MR) is 71.0 cm³/mol. The Balaban J connectivity index is 1.82. The Morgan fingerprint density at radius 2 is 2.24 bits per heavy atom. The summed E-state index contributed by atoms with van der Waals surface area (Å²) in [7, 11) is 0. The van der Waals surface area contributed by atoms with Crippen molar-refractivity contribution in [2.24, 2.45) is 0 Å². The van der Waals surface area contributed by atoms with E-state index in [0.717, 1.165) is 29.9 Å². The summed E-state index contributed by atoms with van der Waals surface area (Å²) in [4.78, 5) is 13.2. The zero-order valence-corrected chi connectivity index (χ0v) is 11.2. The zero-order chi connectivity index (χ0) is 11.8. The van der Waals surface area contributed by atoms with Crippen molar-refractivity contribution in [3.05, 3.63) is 10.7 Å². The van der Waals surface area contributed by atoms with Crippen molar-refractivity contribution in [3.63, 3.8) is 0 Å². The van der Waals surface area contributed by atoms with Crippen LogP contribution in [0.15, 0.2) is 10.7 Å². The summed E-state index contributed by atoms with van der Waals surface area (Å²) in [6, 6.07) is 0.687. The van der Waals surface area contributed by atoms with Crippen LogP contribution in [0.3, 0.4) is 0 Å². The molecule has 0 bridgehead atoms. The number of fused-ring (bicyclic) bond motifs is 1. The first-order valence-corrected chi connectivity index (χ1v) is 6.80. The molecule has 3 heterocycles. The number of halogens is 1. The average Bonchev–Trinajstić information content (AvgIpc) is 2.79. The maximum absolute atomic E-state index is 5.66. The summed E-state index contributed by atoms with van der Waals surface area (Å²) in [5.41, 5.74) is 5.66. The summed E-state index contributed by atoms with van der Waals surface area (Å²) in [6.07, 6.45) is 4.36. The molecule has 1 unspecified atom stereocenters. The number of nitrogens with two attached hydrogens (primary N) is 1. The number of rotatable bonds is 1. The Labute approximate surface area is 109 Å². The lowest BCUT2D eigenvalue weighted by molar-refractivity contribution is 0.230. The first-order valence-electron chi connectivity index (χ1n) is 6.01. The molecule has 2 fully saturated rings. The topological polar surface area (TPSA) is 58.3 Å². The standard InChI is InChI=1S/C11H16BrN5/c12-9-6-14-11(13)15-10(9)17-5-4-16-3-1-2-8(16)7-17/h6,8H,1-5,7H2,(H2,13,14,15). The van der Waals surface area contributed by atoms with Crippen molar-refractivity contribution in [2.75, 3.05) is 36.8 Å². The van der Waals surface area contributed by atoms with E-state index in [0.29, 0.717) is 12.0 Å². The summed E-state index contributed by atoms with van der Waals surface area (Å²) in [6.45, 7) is 4.45. The second-order valence-electron chi connectivity index (χ2n) is 4.68. The van der Waals surface area contributed by atoms with E-state index >= 15 is 0 Å². The van der Waals surface area contributed by atoms with Crippen LogP contribution in [0.4, 0.5) is 11.8 Å². The van der Waals surface area contributed by atoms with Gasteiger partial charge in [-0.15, -0.1) is 0 Å². The van der Waals surface area contributed by atoms with Crippen LogP contribution in [0.2, 0.25) is 0 Å². The molecule has 0 spiro atoms. The van der Waals surface area contributed by atoms with Gasteiger partial charge in [-0.3, -0.25) is 4.90 Å². The van der Waals surface area contributed by atoms with Gasteiger partial charge in [-0.1, -0.05) is 0 Å². The van der Waals surface area contributed by atoms with Gasteiger partial charge in [-0.2, -0.15) is 4.98 Å². The molecule has 1 aromatic rings. The van der Waals surface area contributed by atoms with Gasteiger partial charge in [0.25, 0.3) is 0 Å². The third-order valence-electron chi connectivity index (χ3n) is 3.63. The van der Waals surface area contributed by atoms with Gasteiger partial charge >= 0.3 is 0 Å². The highest BCUT2D eigenvalue weighted by Gasteiger charge is 2.31. The Morgan fingerprint density at radius 1 is 1.35 bits per heavy atom. The van der Waals surface area contributed by atoms with Crippen LogP contribution in [-0.4, -0.2) is 47.1 Å². The molecule has 0 aliphatic carbocycles. The predicted octanol–water partition coefficient (Wildman–Crippen LogP) is 1.11. The van der Waals surface area contributed by atoms with Crippen LogP contribution < -0.4 is 10.6 Å². The molecular formula is C11H16BrN5. The van der Waals surface area contributed by atoms with E-state index in [9.17, 15) is 0 Å².